The maximum Gasteiger partial charge on any atom is 0.416 e. The molecule has 2 rings (SSSR count). The number of rotatable bonds is 9. The predicted molar refractivity (Wildman–Crippen MR) is 113 cm³/mol. The van der Waals surface area contributed by atoms with Crippen LogP contribution in [0.25, 0.3) is 0 Å². The fourth-order valence-electron chi connectivity index (χ4n) is 2.71. The summed E-state index contributed by atoms with van der Waals surface area (Å²) < 4.78 is 62.3. The zero-order valence-corrected chi connectivity index (χ0v) is 17.6. The van der Waals surface area contributed by atoms with Gasteiger partial charge in [0.2, 0.25) is 0 Å². The lowest BCUT2D eigenvalue weighted by molar-refractivity contribution is -0.137. The lowest BCUT2D eigenvalue weighted by atomic mass is 10.1. The number of benzene rings is 2. The third-order valence-corrected chi connectivity index (χ3v) is 5.88. The third kappa shape index (κ3) is 8.44. The highest BCUT2D eigenvalue weighted by Gasteiger charge is 2.29. The summed E-state index contributed by atoms with van der Waals surface area (Å²) in [4.78, 5) is 4.34. The van der Waals surface area contributed by atoms with Gasteiger partial charge >= 0.3 is 6.18 Å². The first-order chi connectivity index (χ1) is 14.2. The van der Waals surface area contributed by atoms with Gasteiger partial charge in [-0.25, -0.2) is 13.4 Å². The number of nitrogens with one attached hydrogen (secondary N) is 2. The number of alkyl halides is 3. The minimum Gasteiger partial charge on any atom is -0.357 e. The van der Waals surface area contributed by atoms with Gasteiger partial charge in [0.1, 0.15) is 0 Å². The number of halogens is 3. The molecular formula is C21H26F3N3O2S. The van der Waals surface area contributed by atoms with Gasteiger partial charge in [-0.05, 0) is 36.6 Å². The molecule has 0 saturated carbocycles. The second kappa shape index (κ2) is 11.0. The van der Waals surface area contributed by atoms with E-state index < -0.39 is 21.6 Å². The number of hydrogen-bond donors (Lipinski definition) is 2. The van der Waals surface area contributed by atoms with Gasteiger partial charge in [-0.1, -0.05) is 42.5 Å². The molecular weight excluding hydrogens is 415 g/mol. The van der Waals surface area contributed by atoms with Crippen LogP contribution in [0.1, 0.15) is 30.0 Å². The van der Waals surface area contributed by atoms with Crippen LogP contribution in [0, 0.1) is 0 Å². The van der Waals surface area contributed by atoms with Gasteiger partial charge in [0.15, 0.2) is 15.8 Å². The van der Waals surface area contributed by atoms with Crippen LogP contribution in [-0.4, -0.2) is 33.2 Å². The van der Waals surface area contributed by atoms with E-state index in [-0.39, 0.29) is 18.1 Å². The molecule has 2 aromatic rings. The highest BCUT2D eigenvalue weighted by molar-refractivity contribution is 7.90. The van der Waals surface area contributed by atoms with Crippen molar-refractivity contribution in [1.29, 1.82) is 0 Å². The third-order valence-electron chi connectivity index (χ3n) is 4.20. The second-order valence-electron chi connectivity index (χ2n) is 6.75. The van der Waals surface area contributed by atoms with Crippen molar-refractivity contribution in [2.24, 2.45) is 4.99 Å². The highest BCUT2D eigenvalue weighted by atomic mass is 32.2. The molecule has 2 N–H and O–H groups in total. The molecule has 0 saturated heterocycles. The van der Waals surface area contributed by atoms with E-state index in [2.05, 4.69) is 15.6 Å². The van der Waals surface area contributed by atoms with Crippen molar-refractivity contribution in [3.8, 4) is 0 Å². The largest absolute Gasteiger partial charge is 0.416 e. The van der Waals surface area contributed by atoms with Gasteiger partial charge in [0.05, 0.1) is 23.6 Å². The summed E-state index contributed by atoms with van der Waals surface area (Å²) in [7, 11) is -3.21. The Balaban J connectivity index is 1.83. The minimum atomic E-state index is -4.36. The maximum absolute atomic E-state index is 12.6. The van der Waals surface area contributed by atoms with Crippen molar-refractivity contribution in [3.05, 3.63) is 71.3 Å². The number of guanidine groups is 1. The van der Waals surface area contributed by atoms with E-state index in [4.69, 9.17) is 0 Å². The van der Waals surface area contributed by atoms with Crippen LogP contribution in [-0.2, 0) is 28.3 Å². The topological polar surface area (TPSA) is 70.6 Å². The molecule has 30 heavy (non-hydrogen) atoms. The second-order valence-corrected chi connectivity index (χ2v) is 8.93. The molecule has 0 aliphatic heterocycles. The molecule has 0 aliphatic rings. The Morgan fingerprint density at radius 3 is 2.23 bits per heavy atom. The number of hydrogen-bond acceptors (Lipinski definition) is 3. The molecule has 0 atom stereocenters. The standard InChI is InChI=1S/C21H26F3N3O2S/c1-2-25-20(27-15-17-9-11-19(12-10-17)21(22,23)24)26-13-6-14-30(28,29)16-18-7-4-3-5-8-18/h3-5,7-12H,2,6,13-16H2,1H3,(H2,25,26,27). The van der Waals surface area contributed by atoms with Crippen LogP contribution < -0.4 is 10.6 Å². The quantitative estimate of drug-likeness (QED) is 0.353. The molecule has 0 aliphatic carbocycles. The summed E-state index contributed by atoms with van der Waals surface area (Å²) >= 11 is 0. The number of aliphatic imine (C=N–C) groups is 1. The molecule has 164 valence electrons. The Labute approximate surface area is 175 Å². The van der Waals surface area contributed by atoms with Crippen molar-refractivity contribution in [3.63, 3.8) is 0 Å². The van der Waals surface area contributed by atoms with Gasteiger partial charge in [-0.15, -0.1) is 0 Å². The fraction of sp³-hybridized carbons (Fsp3) is 0.381. The molecule has 0 fully saturated rings. The molecule has 2 aromatic carbocycles. The summed E-state index contributed by atoms with van der Waals surface area (Å²) in [5, 5.41) is 6.09. The summed E-state index contributed by atoms with van der Waals surface area (Å²) in [6, 6.07) is 13.9. The van der Waals surface area contributed by atoms with Gasteiger partial charge in [-0.2, -0.15) is 13.2 Å². The van der Waals surface area contributed by atoms with Crippen molar-refractivity contribution >= 4 is 15.8 Å². The van der Waals surface area contributed by atoms with Crippen molar-refractivity contribution < 1.29 is 21.6 Å². The Morgan fingerprint density at radius 2 is 1.63 bits per heavy atom. The van der Waals surface area contributed by atoms with Gasteiger partial charge in [0.25, 0.3) is 0 Å². The van der Waals surface area contributed by atoms with Gasteiger partial charge in [-0.3, -0.25) is 0 Å². The lowest BCUT2D eigenvalue weighted by Gasteiger charge is -2.12. The monoisotopic (exact) mass is 441 g/mol. The Bertz CT molecular complexity index is 913. The molecule has 0 unspecified atom stereocenters. The zero-order chi connectivity index (χ0) is 22.0. The highest BCUT2D eigenvalue weighted by Crippen LogP contribution is 2.29. The SMILES string of the molecule is CCNC(=NCc1ccc(C(F)(F)F)cc1)NCCCS(=O)(=O)Cc1ccccc1. The first-order valence-corrected chi connectivity index (χ1v) is 11.4. The molecule has 0 aromatic heterocycles. The lowest BCUT2D eigenvalue weighted by Crippen LogP contribution is -2.38. The minimum absolute atomic E-state index is 0.00984. The molecule has 0 spiro atoms. The Morgan fingerprint density at radius 1 is 0.967 bits per heavy atom. The van der Waals surface area contributed by atoms with E-state index in [0.717, 1.165) is 17.7 Å². The van der Waals surface area contributed by atoms with E-state index >= 15 is 0 Å². The maximum atomic E-state index is 12.6. The molecule has 0 amide bonds. The van der Waals surface area contributed by atoms with Crippen LogP contribution in [0.15, 0.2) is 59.6 Å². The van der Waals surface area contributed by atoms with Gasteiger partial charge < -0.3 is 10.6 Å². The average Bonchev–Trinajstić information content (AvgIpc) is 2.69. The van der Waals surface area contributed by atoms with E-state index in [1.807, 2.05) is 25.1 Å². The van der Waals surface area contributed by atoms with Crippen molar-refractivity contribution in [2.75, 3.05) is 18.8 Å². The number of sulfone groups is 1. The van der Waals surface area contributed by atoms with E-state index in [9.17, 15) is 21.6 Å². The summed E-state index contributed by atoms with van der Waals surface area (Å²) in [6.07, 6.45) is -3.95. The first kappa shape index (κ1) is 23.7. The summed E-state index contributed by atoms with van der Waals surface area (Å²) in [5.74, 6) is 0.543. The normalized spacial score (nSPS) is 12.6. The van der Waals surface area contributed by atoms with Crippen LogP contribution in [0.2, 0.25) is 0 Å². The molecule has 0 heterocycles. The summed E-state index contributed by atoms with van der Waals surface area (Å²) in [6.45, 7) is 3.11. The fourth-order valence-corrected chi connectivity index (χ4v) is 4.14. The van der Waals surface area contributed by atoms with Crippen LogP contribution in [0.4, 0.5) is 13.2 Å². The average molecular weight is 442 g/mol. The van der Waals surface area contributed by atoms with Gasteiger partial charge in [0, 0.05) is 13.1 Å². The Hall–Kier alpha value is -2.55. The zero-order valence-electron chi connectivity index (χ0n) is 16.7. The van der Waals surface area contributed by atoms with Crippen LogP contribution >= 0.6 is 0 Å². The smallest absolute Gasteiger partial charge is 0.357 e. The van der Waals surface area contributed by atoms with Crippen molar-refractivity contribution in [2.45, 2.75) is 31.8 Å². The van der Waals surface area contributed by atoms with E-state index in [1.54, 1.807) is 12.1 Å². The molecule has 0 bridgehead atoms. The van der Waals surface area contributed by atoms with E-state index in [0.29, 0.717) is 31.0 Å². The first-order valence-electron chi connectivity index (χ1n) is 9.62. The van der Waals surface area contributed by atoms with Crippen LogP contribution in [0.5, 0.6) is 0 Å². The van der Waals surface area contributed by atoms with Crippen molar-refractivity contribution in [1.82, 2.24) is 10.6 Å². The molecule has 9 heteroatoms. The van der Waals surface area contributed by atoms with E-state index in [1.165, 1.54) is 12.1 Å². The number of nitrogens with zero attached hydrogens (tertiary/aromatic N) is 1. The predicted octanol–water partition coefficient (Wildman–Crippen LogP) is 3.77. The summed E-state index contributed by atoms with van der Waals surface area (Å²) in [5.41, 5.74) is 0.708. The molecule has 0 radical (unpaired) electrons. The Kier molecular flexibility index (Phi) is 8.71. The van der Waals surface area contributed by atoms with Crippen LogP contribution in [0.3, 0.4) is 0 Å². The molecule has 5 nitrogen and oxygen atoms in total.